The molecule has 2 rings (SSSR count). The molecule has 0 saturated carbocycles. The molecule has 1 atom stereocenters. The molecule has 2 N–H and O–H groups in total. The first kappa shape index (κ1) is 16.5. The molecule has 116 valence electrons. The fraction of sp³-hybridized carbons (Fsp3) is 0.235. The topological polar surface area (TPSA) is 49.3 Å². The Morgan fingerprint density at radius 2 is 2.00 bits per heavy atom. The molecule has 0 aliphatic heterocycles. The molecule has 1 amide bonds. The van der Waals surface area contributed by atoms with Gasteiger partial charge in [0.1, 0.15) is 5.82 Å². The summed E-state index contributed by atoms with van der Waals surface area (Å²) in [6.45, 7) is 1.68. The van der Waals surface area contributed by atoms with Gasteiger partial charge in [-0.05, 0) is 42.3 Å². The maximum absolute atomic E-state index is 12.8. The van der Waals surface area contributed by atoms with E-state index < -0.39 is 6.10 Å². The molecular weight excluding hydrogens is 301 g/mol. The molecule has 1 unspecified atom stereocenters. The predicted molar refractivity (Wildman–Crippen MR) is 88.3 cm³/mol. The number of aliphatic hydroxyl groups is 1. The van der Waals surface area contributed by atoms with Crippen LogP contribution in [0.4, 0.5) is 10.1 Å². The highest BCUT2D eigenvalue weighted by Crippen LogP contribution is 2.18. The monoisotopic (exact) mass is 319 g/mol. The lowest BCUT2D eigenvalue weighted by atomic mass is 10.1. The second-order valence-electron chi connectivity index (χ2n) is 4.97. The fourth-order valence-electron chi connectivity index (χ4n) is 1.92. The van der Waals surface area contributed by atoms with Crippen LogP contribution in [0.1, 0.15) is 24.2 Å². The van der Waals surface area contributed by atoms with Gasteiger partial charge >= 0.3 is 0 Å². The van der Waals surface area contributed by atoms with E-state index in [1.165, 1.54) is 23.9 Å². The van der Waals surface area contributed by atoms with E-state index in [4.69, 9.17) is 0 Å². The van der Waals surface area contributed by atoms with Crippen LogP contribution in [0.25, 0.3) is 0 Å². The first-order chi connectivity index (χ1) is 10.5. The molecule has 0 radical (unpaired) electrons. The van der Waals surface area contributed by atoms with Crippen molar-refractivity contribution in [3.05, 3.63) is 65.5 Å². The summed E-state index contributed by atoms with van der Waals surface area (Å²) in [5, 5.41) is 12.3. The van der Waals surface area contributed by atoms with E-state index in [1.807, 2.05) is 6.07 Å². The molecule has 2 aromatic rings. The Labute approximate surface area is 133 Å². The highest BCUT2D eigenvalue weighted by Gasteiger charge is 2.06. The van der Waals surface area contributed by atoms with Gasteiger partial charge < -0.3 is 10.4 Å². The smallest absolute Gasteiger partial charge is 0.234 e. The molecule has 0 fully saturated rings. The van der Waals surface area contributed by atoms with Crippen LogP contribution in [0.3, 0.4) is 0 Å². The Kier molecular flexibility index (Phi) is 5.98. The number of thioether (sulfide) groups is 1. The largest absolute Gasteiger partial charge is 0.389 e. The van der Waals surface area contributed by atoms with Gasteiger partial charge in [0, 0.05) is 11.4 Å². The number of hydrogen-bond donors (Lipinski definition) is 2. The van der Waals surface area contributed by atoms with Gasteiger partial charge in [0.2, 0.25) is 5.91 Å². The summed E-state index contributed by atoms with van der Waals surface area (Å²) < 4.78 is 12.8. The normalized spacial score (nSPS) is 12.0. The second kappa shape index (κ2) is 7.96. The zero-order valence-electron chi connectivity index (χ0n) is 12.3. The van der Waals surface area contributed by atoms with E-state index in [2.05, 4.69) is 5.32 Å². The van der Waals surface area contributed by atoms with E-state index in [9.17, 15) is 14.3 Å². The zero-order chi connectivity index (χ0) is 15.9. The van der Waals surface area contributed by atoms with Gasteiger partial charge in [-0.1, -0.05) is 24.3 Å². The van der Waals surface area contributed by atoms with E-state index >= 15 is 0 Å². The molecule has 0 aliphatic rings. The summed E-state index contributed by atoms with van der Waals surface area (Å²) in [5.41, 5.74) is 2.41. The van der Waals surface area contributed by atoms with Gasteiger partial charge in [0.05, 0.1) is 11.9 Å². The molecule has 0 heterocycles. The third-order valence-corrected chi connectivity index (χ3v) is 4.07. The standard InChI is InChI=1S/C17H18FNO2S/c1-12(20)14-3-2-4-16(9-14)19-17(21)11-22-10-13-5-7-15(18)8-6-13/h2-9,12,20H,10-11H2,1H3,(H,19,21). The van der Waals surface area contributed by atoms with Crippen LogP contribution in [-0.4, -0.2) is 16.8 Å². The van der Waals surface area contributed by atoms with Crippen molar-refractivity contribution in [1.29, 1.82) is 0 Å². The fourth-order valence-corrected chi connectivity index (χ4v) is 2.70. The Bertz CT molecular complexity index is 629. The molecule has 0 spiro atoms. The third kappa shape index (κ3) is 5.16. The highest BCUT2D eigenvalue weighted by atomic mass is 32.2. The van der Waals surface area contributed by atoms with Crippen molar-refractivity contribution in [2.45, 2.75) is 18.8 Å². The highest BCUT2D eigenvalue weighted by molar-refractivity contribution is 7.99. The van der Waals surface area contributed by atoms with Gasteiger partial charge in [0.25, 0.3) is 0 Å². The minimum atomic E-state index is -0.565. The van der Waals surface area contributed by atoms with Crippen molar-refractivity contribution in [1.82, 2.24) is 0 Å². The molecule has 5 heteroatoms. The van der Waals surface area contributed by atoms with Crippen LogP contribution in [0.5, 0.6) is 0 Å². The second-order valence-corrected chi connectivity index (χ2v) is 5.95. The number of aliphatic hydroxyl groups excluding tert-OH is 1. The first-order valence-corrected chi connectivity index (χ1v) is 8.10. The molecule has 2 aromatic carbocycles. The number of anilines is 1. The molecule has 0 bridgehead atoms. The Morgan fingerprint density at radius 3 is 2.68 bits per heavy atom. The number of carbonyl (C=O) groups is 1. The van der Waals surface area contributed by atoms with E-state index in [-0.39, 0.29) is 11.7 Å². The average Bonchev–Trinajstić information content (AvgIpc) is 2.49. The number of rotatable bonds is 6. The Balaban J connectivity index is 1.80. The van der Waals surface area contributed by atoms with Crippen LogP contribution in [-0.2, 0) is 10.5 Å². The van der Waals surface area contributed by atoms with Crippen molar-refractivity contribution in [3.8, 4) is 0 Å². The Hall–Kier alpha value is -1.85. The lowest BCUT2D eigenvalue weighted by Gasteiger charge is -2.09. The number of benzene rings is 2. The van der Waals surface area contributed by atoms with Crippen LogP contribution in [0.15, 0.2) is 48.5 Å². The Morgan fingerprint density at radius 1 is 1.27 bits per heavy atom. The number of hydrogen-bond acceptors (Lipinski definition) is 3. The van der Waals surface area contributed by atoms with Gasteiger partial charge in [-0.3, -0.25) is 4.79 Å². The average molecular weight is 319 g/mol. The zero-order valence-corrected chi connectivity index (χ0v) is 13.1. The lowest BCUT2D eigenvalue weighted by molar-refractivity contribution is -0.113. The van der Waals surface area contributed by atoms with Crippen LogP contribution in [0, 0.1) is 5.82 Å². The summed E-state index contributed by atoms with van der Waals surface area (Å²) in [6.07, 6.45) is -0.565. The van der Waals surface area contributed by atoms with Crippen molar-refractivity contribution >= 4 is 23.4 Å². The molecule has 0 saturated heterocycles. The molecule has 22 heavy (non-hydrogen) atoms. The lowest BCUT2D eigenvalue weighted by Crippen LogP contribution is -2.14. The summed E-state index contributed by atoms with van der Waals surface area (Å²) >= 11 is 1.47. The first-order valence-electron chi connectivity index (χ1n) is 6.94. The minimum absolute atomic E-state index is 0.102. The van der Waals surface area contributed by atoms with Crippen LogP contribution in [0.2, 0.25) is 0 Å². The number of halogens is 1. The number of amides is 1. The summed E-state index contributed by atoms with van der Waals surface area (Å²) in [5.74, 6) is 0.608. The quantitative estimate of drug-likeness (QED) is 0.852. The van der Waals surface area contributed by atoms with Crippen molar-refractivity contribution in [2.75, 3.05) is 11.1 Å². The van der Waals surface area contributed by atoms with Gasteiger partial charge in [-0.15, -0.1) is 11.8 Å². The number of nitrogens with one attached hydrogen (secondary N) is 1. The minimum Gasteiger partial charge on any atom is -0.389 e. The van der Waals surface area contributed by atoms with Crippen molar-refractivity contribution < 1.29 is 14.3 Å². The van der Waals surface area contributed by atoms with E-state index in [0.717, 1.165) is 11.1 Å². The van der Waals surface area contributed by atoms with Crippen LogP contribution >= 0.6 is 11.8 Å². The van der Waals surface area contributed by atoms with Crippen LogP contribution < -0.4 is 5.32 Å². The van der Waals surface area contributed by atoms with Gasteiger partial charge in [0.15, 0.2) is 0 Å². The molecule has 3 nitrogen and oxygen atoms in total. The van der Waals surface area contributed by atoms with E-state index in [1.54, 1.807) is 37.3 Å². The molecule has 0 aliphatic carbocycles. The van der Waals surface area contributed by atoms with Crippen molar-refractivity contribution in [2.24, 2.45) is 0 Å². The molecular formula is C17H18FNO2S. The summed E-state index contributed by atoms with van der Waals surface area (Å²) in [4.78, 5) is 11.9. The van der Waals surface area contributed by atoms with Gasteiger partial charge in [-0.25, -0.2) is 4.39 Å². The maximum atomic E-state index is 12.8. The van der Waals surface area contributed by atoms with Gasteiger partial charge in [-0.2, -0.15) is 0 Å². The third-order valence-electron chi connectivity index (χ3n) is 3.07. The molecule has 0 aromatic heterocycles. The summed E-state index contributed by atoms with van der Waals surface area (Å²) in [6, 6.07) is 13.4. The van der Waals surface area contributed by atoms with Crippen molar-refractivity contribution in [3.63, 3.8) is 0 Å². The predicted octanol–water partition coefficient (Wildman–Crippen LogP) is 3.75. The summed E-state index contributed by atoms with van der Waals surface area (Å²) in [7, 11) is 0. The van der Waals surface area contributed by atoms with E-state index in [0.29, 0.717) is 17.2 Å². The number of carbonyl (C=O) groups excluding carboxylic acids is 1. The maximum Gasteiger partial charge on any atom is 0.234 e. The SMILES string of the molecule is CC(O)c1cccc(NC(=O)CSCc2ccc(F)cc2)c1.